The van der Waals surface area contributed by atoms with Crippen LogP contribution in [-0.2, 0) is 11.3 Å². The van der Waals surface area contributed by atoms with Gasteiger partial charge in [-0.1, -0.05) is 0 Å². The third kappa shape index (κ3) is 4.43. The number of nitrogens with zero attached hydrogens (tertiary/aromatic N) is 2. The van der Waals surface area contributed by atoms with E-state index in [4.69, 9.17) is 18.6 Å². The van der Waals surface area contributed by atoms with E-state index in [0.29, 0.717) is 10.5 Å². The molecule has 0 aliphatic carbocycles. The molecule has 0 unspecified atom stereocenters. The van der Waals surface area contributed by atoms with Crippen LogP contribution in [0.4, 0.5) is 5.69 Å². The number of benzene rings is 1. The number of carbonyl (C=O) groups excluding carboxylic acids is 2. The molecule has 3 rings (SSSR count). The molecule has 10 heteroatoms. The van der Waals surface area contributed by atoms with Gasteiger partial charge in [-0.05, 0) is 17.1 Å². The molecular weight excluding hydrogens is 382 g/mol. The van der Waals surface area contributed by atoms with Crippen LogP contribution in [0.5, 0.6) is 11.5 Å². The van der Waals surface area contributed by atoms with Crippen molar-refractivity contribution in [3.8, 4) is 11.5 Å². The van der Waals surface area contributed by atoms with Crippen LogP contribution in [0.15, 0.2) is 53.4 Å². The highest BCUT2D eigenvalue weighted by Crippen LogP contribution is 2.34. The SMILES string of the molecule is COc1cc(NC(=O)c2ccco2)c(C(=O)OCc2nccc[n+]2[O-])cc1OC. The molecule has 10 nitrogen and oxygen atoms in total. The molecule has 1 amide bonds. The first kappa shape index (κ1) is 19.7. The highest BCUT2D eigenvalue weighted by molar-refractivity contribution is 6.07. The van der Waals surface area contributed by atoms with Crippen LogP contribution < -0.4 is 19.5 Å². The quantitative estimate of drug-likeness (QED) is 0.363. The van der Waals surface area contributed by atoms with Crippen LogP contribution in [0.25, 0.3) is 0 Å². The zero-order chi connectivity index (χ0) is 20.8. The molecule has 0 aliphatic rings. The Morgan fingerprint density at radius 3 is 2.62 bits per heavy atom. The van der Waals surface area contributed by atoms with Crippen molar-refractivity contribution >= 4 is 17.6 Å². The number of methoxy groups -OCH3 is 2. The van der Waals surface area contributed by atoms with Crippen LogP contribution in [0.1, 0.15) is 26.7 Å². The second-order valence-electron chi connectivity index (χ2n) is 5.62. The minimum absolute atomic E-state index is 0.00231. The summed E-state index contributed by atoms with van der Waals surface area (Å²) in [6.07, 6.45) is 3.99. The summed E-state index contributed by atoms with van der Waals surface area (Å²) in [7, 11) is 2.82. The summed E-state index contributed by atoms with van der Waals surface area (Å²) < 4.78 is 21.2. The summed E-state index contributed by atoms with van der Waals surface area (Å²) in [5, 5.41) is 14.2. The van der Waals surface area contributed by atoms with Gasteiger partial charge in [0.25, 0.3) is 5.91 Å². The number of furan rings is 1. The second kappa shape index (κ2) is 8.74. The Morgan fingerprint density at radius 2 is 1.97 bits per heavy atom. The number of hydrogen-bond acceptors (Lipinski definition) is 8. The highest BCUT2D eigenvalue weighted by Gasteiger charge is 2.22. The van der Waals surface area contributed by atoms with Crippen molar-refractivity contribution in [1.82, 2.24) is 4.98 Å². The molecule has 0 atom stereocenters. The van der Waals surface area contributed by atoms with E-state index in [1.165, 1.54) is 57.1 Å². The first-order chi connectivity index (χ1) is 14.0. The number of hydrogen-bond donors (Lipinski definition) is 1. The summed E-state index contributed by atoms with van der Waals surface area (Å²) >= 11 is 0. The van der Waals surface area contributed by atoms with Gasteiger partial charge in [0, 0.05) is 18.2 Å². The molecule has 1 aromatic carbocycles. The Labute approximate surface area is 165 Å². The van der Waals surface area contributed by atoms with Crippen molar-refractivity contribution in [2.75, 3.05) is 19.5 Å². The smallest absolute Gasteiger partial charge is 0.341 e. The van der Waals surface area contributed by atoms with E-state index in [-0.39, 0.29) is 35.2 Å². The third-order valence-electron chi connectivity index (χ3n) is 3.85. The monoisotopic (exact) mass is 399 g/mol. The van der Waals surface area contributed by atoms with Gasteiger partial charge in [-0.3, -0.25) is 4.79 Å². The number of nitrogens with one attached hydrogen (secondary N) is 1. The van der Waals surface area contributed by atoms with E-state index in [9.17, 15) is 14.8 Å². The van der Waals surface area contributed by atoms with Crippen LogP contribution >= 0.6 is 0 Å². The first-order valence-corrected chi connectivity index (χ1v) is 8.34. The van der Waals surface area contributed by atoms with E-state index < -0.39 is 11.9 Å². The molecule has 0 aliphatic heterocycles. The predicted molar refractivity (Wildman–Crippen MR) is 98.5 cm³/mol. The maximum absolute atomic E-state index is 12.7. The normalized spacial score (nSPS) is 10.3. The van der Waals surface area contributed by atoms with Crippen molar-refractivity contribution in [3.05, 3.63) is 71.3 Å². The maximum Gasteiger partial charge on any atom is 0.341 e. The molecule has 3 aromatic rings. The van der Waals surface area contributed by atoms with Crippen LogP contribution in [0, 0.1) is 5.21 Å². The van der Waals surface area contributed by atoms with Crippen molar-refractivity contribution in [2.24, 2.45) is 0 Å². The highest BCUT2D eigenvalue weighted by atomic mass is 16.5. The number of aromatic nitrogens is 2. The summed E-state index contributed by atoms with van der Waals surface area (Å²) in [5.41, 5.74) is 0.112. The van der Waals surface area contributed by atoms with Crippen molar-refractivity contribution in [2.45, 2.75) is 6.61 Å². The lowest BCUT2D eigenvalue weighted by atomic mass is 10.1. The maximum atomic E-state index is 12.7. The fraction of sp³-hybridized carbons (Fsp3) is 0.158. The number of amides is 1. The van der Waals surface area contributed by atoms with Crippen LogP contribution in [0.2, 0.25) is 0 Å². The van der Waals surface area contributed by atoms with Gasteiger partial charge >= 0.3 is 11.8 Å². The standard InChI is InChI=1S/C19H17N3O7/c1-26-15-9-12(19(24)29-11-17-20-6-4-7-22(17)25)13(10-16(15)27-2)21-18(23)14-5-3-8-28-14/h3-10H,11H2,1-2H3,(H,21,23). The lowest BCUT2D eigenvalue weighted by Crippen LogP contribution is -2.33. The molecule has 150 valence electrons. The van der Waals surface area contributed by atoms with Gasteiger partial charge in [0.15, 0.2) is 23.9 Å². The third-order valence-corrected chi connectivity index (χ3v) is 3.85. The molecule has 0 saturated carbocycles. The van der Waals surface area contributed by atoms with E-state index >= 15 is 0 Å². The average Bonchev–Trinajstić information content (AvgIpc) is 3.27. The Hall–Kier alpha value is -4.08. The number of carbonyl (C=O) groups is 2. The molecule has 0 radical (unpaired) electrons. The van der Waals surface area contributed by atoms with E-state index in [2.05, 4.69) is 10.3 Å². The van der Waals surface area contributed by atoms with Gasteiger partial charge in [0.1, 0.15) is 6.20 Å². The lowest BCUT2D eigenvalue weighted by molar-refractivity contribution is -0.620. The number of esters is 1. The molecule has 0 fully saturated rings. The summed E-state index contributed by atoms with van der Waals surface area (Å²) in [4.78, 5) is 28.9. The van der Waals surface area contributed by atoms with Crippen molar-refractivity contribution < 1.29 is 32.9 Å². The van der Waals surface area contributed by atoms with E-state index in [1.54, 1.807) is 6.07 Å². The van der Waals surface area contributed by atoms with Crippen molar-refractivity contribution in [1.29, 1.82) is 0 Å². The molecule has 0 bridgehead atoms. The average molecular weight is 399 g/mol. The molecular formula is C19H17N3O7. The Morgan fingerprint density at radius 1 is 1.21 bits per heavy atom. The Bertz CT molecular complexity index is 1020. The second-order valence-corrected chi connectivity index (χ2v) is 5.62. The molecule has 2 aromatic heterocycles. The fourth-order valence-electron chi connectivity index (χ4n) is 2.44. The lowest BCUT2D eigenvalue weighted by Gasteiger charge is -2.15. The largest absolute Gasteiger partial charge is 0.711 e. The fourth-order valence-corrected chi connectivity index (χ4v) is 2.44. The summed E-state index contributed by atoms with van der Waals surface area (Å²) in [6, 6.07) is 7.27. The molecule has 1 N–H and O–H groups in total. The number of anilines is 1. The van der Waals surface area contributed by atoms with Gasteiger partial charge in [0.05, 0.1) is 37.9 Å². The number of ether oxygens (including phenoxy) is 3. The minimum Gasteiger partial charge on any atom is -0.711 e. The zero-order valence-electron chi connectivity index (χ0n) is 15.6. The Kier molecular flexibility index (Phi) is 5.93. The molecule has 0 saturated heterocycles. The van der Waals surface area contributed by atoms with Gasteiger partial charge in [-0.2, -0.15) is 0 Å². The van der Waals surface area contributed by atoms with Gasteiger partial charge in [-0.15, -0.1) is 0 Å². The summed E-state index contributed by atoms with van der Waals surface area (Å²) in [6.45, 7) is -0.358. The van der Waals surface area contributed by atoms with E-state index in [0.717, 1.165) is 0 Å². The first-order valence-electron chi connectivity index (χ1n) is 8.34. The Balaban J connectivity index is 1.89. The molecule has 0 spiro atoms. The molecule has 29 heavy (non-hydrogen) atoms. The van der Waals surface area contributed by atoms with Gasteiger partial charge in [0.2, 0.25) is 0 Å². The van der Waals surface area contributed by atoms with Crippen molar-refractivity contribution in [3.63, 3.8) is 0 Å². The van der Waals surface area contributed by atoms with Gasteiger partial charge in [-0.25, -0.2) is 9.52 Å². The molecule has 2 heterocycles. The zero-order valence-corrected chi connectivity index (χ0v) is 15.6. The van der Waals surface area contributed by atoms with Gasteiger partial charge < -0.3 is 29.2 Å². The van der Waals surface area contributed by atoms with Crippen LogP contribution in [-0.4, -0.2) is 31.1 Å². The number of rotatable bonds is 7. The predicted octanol–water partition coefficient (Wildman–Crippen LogP) is 1.93. The van der Waals surface area contributed by atoms with Crippen LogP contribution in [0.3, 0.4) is 0 Å². The minimum atomic E-state index is -0.800. The topological polar surface area (TPSA) is 127 Å². The summed E-state index contributed by atoms with van der Waals surface area (Å²) in [5.74, 6) is -0.764. The van der Waals surface area contributed by atoms with E-state index in [1.807, 2.05) is 0 Å².